The summed E-state index contributed by atoms with van der Waals surface area (Å²) >= 11 is 1.50. The summed E-state index contributed by atoms with van der Waals surface area (Å²) in [6, 6.07) is 0. The Kier molecular flexibility index (Phi) is 8.82. The Balaban J connectivity index is 0.00000243. The molecule has 3 rings (SSSR count). The maximum absolute atomic E-state index is 10.0. The van der Waals surface area contributed by atoms with Crippen LogP contribution in [0.4, 0.5) is 5.13 Å². The van der Waals surface area contributed by atoms with Gasteiger partial charge in [-0.05, 0) is 19.8 Å². The zero-order valence-corrected chi connectivity index (χ0v) is 18.9. The van der Waals surface area contributed by atoms with Crippen molar-refractivity contribution in [3.63, 3.8) is 0 Å². The lowest BCUT2D eigenvalue weighted by atomic mass is 10.1. The monoisotopic (exact) mass is 494 g/mol. The number of aliphatic imine (C=N–C) groups is 1. The summed E-state index contributed by atoms with van der Waals surface area (Å²) in [5.74, 6) is 2.24. The number of hydrogen-bond donors (Lipinski definition) is 2. The highest BCUT2D eigenvalue weighted by Gasteiger charge is 2.26. The van der Waals surface area contributed by atoms with Crippen LogP contribution < -0.4 is 10.2 Å². The number of aromatic nitrogens is 2. The van der Waals surface area contributed by atoms with Crippen molar-refractivity contribution < 1.29 is 5.11 Å². The number of anilines is 1. The molecule has 1 aromatic rings. The average molecular weight is 494 g/mol. The molecule has 1 saturated carbocycles. The largest absolute Gasteiger partial charge is 0.393 e. The second-order valence-electron chi connectivity index (χ2n) is 6.77. The van der Waals surface area contributed by atoms with E-state index in [0.717, 1.165) is 81.9 Å². The van der Waals surface area contributed by atoms with E-state index in [1.807, 2.05) is 0 Å². The molecular formula is C17H31IN6OS. The van der Waals surface area contributed by atoms with Crippen LogP contribution in [0.2, 0.25) is 0 Å². The first-order chi connectivity index (χ1) is 12.2. The molecule has 2 aliphatic rings. The van der Waals surface area contributed by atoms with E-state index in [4.69, 9.17) is 4.99 Å². The van der Waals surface area contributed by atoms with Crippen molar-refractivity contribution in [2.75, 3.05) is 44.2 Å². The number of piperazine rings is 1. The van der Waals surface area contributed by atoms with Crippen LogP contribution in [0.25, 0.3) is 0 Å². The topological polar surface area (TPSA) is 76.9 Å². The van der Waals surface area contributed by atoms with Crippen LogP contribution in [0, 0.1) is 5.92 Å². The fraction of sp³-hybridized carbons (Fsp3) is 0.824. The molecule has 2 unspecified atom stereocenters. The van der Waals surface area contributed by atoms with Crippen molar-refractivity contribution in [2.24, 2.45) is 10.9 Å². The van der Waals surface area contributed by atoms with Crippen molar-refractivity contribution in [2.45, 2.75) is 45.6 Å². The van der Waals surface area contributed by atoms with Gasteiger partial charge in [-0.2, -0.15) is 4.37 Å². The minimum Gasteiger partial charge on any atom is -0.393 e. The number of aliphatic hydroxyl groups excluding tert-OH is 1. The average Bonchev–Trinajstić information content (AvgIpc) is 3.28. The fourth-order valence-electron chi connectivity index (χ4n) is 3.49. The van der Waals surface area contributed by atoms with E-state index in [9.17, 15) is 5.11 Å². The molecule has 1 saturated heterocycles. The molecule has 1 aromatic heterocycles. The maximum Gasteiger partial charge on any atom is 0.205 e. The van der Waals surface area contributed by atoms with Gasteiger partial charge in [-0.15, -0.1) is 24.0 Å². The minimum atomic E-state index is -0.173. The molecule has 0 spiro atoms. The predicted molar refractivity (Wildman–Crippen MR) is 118 cm³/mol. The Labute approximate surface area is 177 Å². The first kappa shape index (κ1) is 21.6. The van der Waals surface area contributed by atoms with Gasteiger partial charge in [0.15, 0.2) is 5.96 Å². The van der Waals surface area contributed by atoms with Gasteiger partial charge in [-0.1, -0.05) is 13.3 Å². The summed E-state index contributed by atoms with van der Waals surface area (Å²) in [6.45, 7) is 9.51. The van der Waals surface area contributed by atoms with Crippen LogP contribution in [0.1, 0.15) is 38.9 Å². The molecule has 2 fully saturated rings. The summed E-state index contributed by atoms with van der Waals surface area (Å²) in [4.78, 5) is 14.0. The van der Waals surface area contributed by atoms with Crippen LogP contribution in [0.15, 0.2) is 4.99 Å². The van der Waals surface area contributed by atoms with Gasteiger partial charge in [0.05, 0.1) is 6.10 Å². The highest BCUT2D eigenvalue weighted by molar-refractivity contribution is 14.0. The first-order valence-electron chi connectivity index (χ1n) is 9.50. The van der Waals surface area contributed by atoms with Crippen molar-refractivity contribution >= 4 is 46.6 Å². The Morgan fingerprint density at radius 2 is 2.04 bits per heavy atom. The normalized spacial score (nSPS) is 23.9. The van der Waals surface area contributed by atoms with Gasteiger partial charge in [0.25, 0.3) is 0 Å². The molecule has 2 atom stereocenters. The molecular weight excluding hydrogens is 463 g/mol. The van der Waals surface area contributed by atoms with E-state index in [2.05, 4.69) is 38.3 Å². The van der Waals surface area contributed by atoms with Crippen molar-refractivity contribution in [3.05, 3.63) is 5.82 Å². The highest BCUT2D eigenvalue weighted by atomic mass is 127. The van der Waals surface area contributed by atoms with Gasteiger partial charge in [-0.3, -0.25) is 4.99 Å². The van der Waals surface area contributed by atoms with Crippen LogP contribution in [-0.2, 0) is 6.42 Å². The van der Waals surface area contributed by atoms with Gasteiger partial charge in [0, 0.05) is 63.1 Å². The second-order valence-corrected chi connectivity index (χ2v) is 7.50. The molecule has 0 aromatic carbocycles. The van der Waals surface area contributed by atoms with E-state index in [1.54, 1.807) is 0 Å². The molecule has 26 heavy (non-hydrogen) atoms. The van der Waals surface area contributed by atoms with Crippen molar-refractivity contribution in [1.29, 1.82) is 0 Å². The number of hydrogen-bond acceptors (Lipinski definition) is 6. The lowest BCUT2D eigenvalue weighted by Gasteiger charge is -2.36. The number of aliphatic hydroxyl groups is 1. The minimum absolute atomic E-state index is 0. The molecule has 0 bridgehead atoms. The lowest BCUT2D eigenvalue weighted by Crippen LogP contribution is -2.52. The second kappa shape index (κ2) is 10.6. The van der Waals surface area contributed by atoms with Gasteiger partial charge in [-0.25, -0.2) is 4.98 Å². The Hall–Kier alpha value is -0.680. The zero-order valence-electron chi connectivity index (χ0n) is 15.7. The van der Waals surface area contributed by atoms with Gasteiger partial charge in [0.1, 0.15) is 5.82 Å². The third-order valence-electron chi connectivity index (χ3n) is 5.05. The molecule has 0 radical (unpaired) electrons. The summed E-state index contributed by atoms with van der Waals surface area (Å²) in [5, 5.41) is 14.4. The van der Waals surface area contributed by atoms with Gasteiger partial charge >= 0.3 is 0 Å². The number of rotatable bonds is 5. The number of aryl methyl sites for hydroxylation is 1. The zero-order chi connectivity index (χ0) is 17.6. The molecule has 1 aliphatic heterocycles. The highest BCUT2D eigenvalue weighted by Crippen LogP contribution is 2.25. The maximum atomic E-state index is 10.0. The quantitative estimate of drug-likeness (QED) is 0.371. The third kappa shape index (κ3) is 5.41. The standard InChI is InChI=1S/C17H30N6OS.HI/c1-3-15-20-17(25-21-15)23-10-8-22(9-11-23)16(18-4-2)19-12-13-6-5-7-14(13)24;/h13-14,24H,3-12H2,1-2H3,(H,18,19);1H. The number of nitrogens with one attached hydrogen (secondary N) is 1. The molecule has 1 aliphatic carbocycles. The summed E-state index contributed by atoms with van der Waals surface area (Å²) in [6.07, 6.45) is 3.86. The van der Waals surface area contributed by atoms with Gasteiger partial charge < -0.3 is 20.2 Å². The van der Waals surface area contributed by atoms with Crippen molar-refractivity contribution in [1.82, 2.24) is 19.6 Å². The number of guanidine groups is 1. The van der Waals surface area contributed by atoms with E-state index in [-0.39, 0.29) is 30.1 Å². The molecule has 148 valence electrons. The molecule has 2 N–H and O–H groups in total. The SMILES string of the molecule is CCNC(=NCC1CCCC1O)N1CCN(c2nc(CC)ns2)CC1.I. The van der Waals surface area contributed by atoms with Crippen LogP contribution in [0.3, 0.4) is 0 Å². The number of nitrogens with zero attached hydrogens (tertiary/aromatic N) is 5. The molecule has 0 amide bonds. The van der Waals surface area contributed by atoms with Crippen molar-refractivity contribution in [3.8, 4) is 0 Å². The lowest BCUT2D eigenvalue weighted by molar-refractivity contribution is 0.136. The first-order valence-corrected chi connectivity index (χ1v) is 10.3. The Bertz CT molecular complexity index is 575. The predicted octanol–water partition coefficient (Wildman–Crippen LogP) is 1.97. The smallest absolute Gasteiger partial charge is 0.205 e. The van der Waals surface area contributed by atoms with Gasteiger partial charge in [0.2, 0.25) is 5.13 Å². The van der Waals surface area contributed by atoms with Crippen LogP contribution >= 0.6 is 35.5 Å². The summed E-state index contributed by atoms with van der Waals surface area (Å²) < 4.78 is 4.39. The fourth-order valence-corrected chi connectivity index (χ4v) is 4.29. The Morgan fingerprint density at radius 1 is 1.27 bits per heavy atom. The van der Waals surface area contributed by atoms with Crippen LogP contribution in [0.5, 0.6) is 0 Å². The Morgan fingerprint density at radius 3 is 2.62 bits per heavy atom. The summed E-state index contributed by atoms with van der Waals surface area (Å²) in [7, 11) is 0. The summed E-state index contributed by atoms with van der Waals surface area (Å²) in [5.41, 5.74) is 0. The molecule has 7 nitrogen and oxygen atoms in total. The van der Waals surface area contributed by atoms with E-state index in [0.29, 0.717) is 5.92 Å². The van der Waals surface area contributed by atoms with E-state index < -0.39 is 0 Å². The molecule has 2 heterocycles. The van der Waals surface area contributed by atoms with E-state index >= 15 is 0 Å². The van der Waals surface area contributed by atoms with E-state index in [1.165, 1.54) is 11.5 Å². The molecule has 9 heteroatoms. The van der Waals surface area contributed by atoms with Crippen LogP contribution in [-0.4, -0.2) is 70.7 Å². The number of halogens is 1. The third-order valence-corrected chi connectivity index (χ3v) is 5.87.